The number of pyridine rings is 2. The van der Waals surface area contributed by atoms with Crippen LogP contribution in [0.3, 0.4) is 0 Å². The minimum Gasteiger partial charge on any atom is -0.482 e. The molecule has 10 rings (SSSR count). The number of hydrogen-bond acceptors (Lipinski definition) is 10. The molecular formula is C53H47BrF10N8O7. The highest BCUT2D eigenvalue weighted by atomic mass is 79.9. The number of fused-ring (bicyclic) bond motifs is 8. The summed E-state index contributed by atoms with van der Waals surface area (Å²) >= 11 is 3.21. The van der Waals surface area contributed by atoms with Crippen LogP contribution < -0.4 is 41.4 Å². The Labute approximate surface area is 451 Å². The number of nitrogens with zero attached hydrogens (tertiary/aromatic N) is 6. The molecule has 0 saturated carbocycles. The molecule has 0 aliphatic carbocycles. The number of hydrogen-bond donors (Lipinski definition) is 2. The van der Waals surface area contributed by atoms with Crippen molar-refractivity contribution >= 4 is 33.7 Å². The van der Waals surface area contributed by atoms with Gasteiger partial charge in [-0.3, -0.25) is 43.3 Å². The number of amides is 3. The van der Waals surface area contributed by atoms with Crippen molar-refractivity contribution in [3.05, 3.63) is 196 Å². The third kappa shape index (κ3) is 13.2. The molecule has 4 aliphatic rings. The van der Waals surface area contributed by atoms with E-state index >= 15 is 0 Å². The van der Waals surface area contributed by atoms with E-state index in [1.807, 2.05) is 30.3 Å². The lowest BCUT2D eigenvalue weighted by molar-refractivity contribution is -0.0311. The molecule has 79 heavy (non-hydrogen) atoms. The molecule has 2 saturated heterocycles. The highest BCUT2D eigenvalue weighted by Gasteiger charge is 2.42. The quantitative estimate of drug-likeness (QED) is 0.128. The van der Waals surface area contributed by atoms with Crippen LogP contribution in [0.2, 0.25) is 0 Å². The van der Waals surface area contributed by atoms with Crippen molar-refractivity contribution in [2.45, 2.75) is 63.8 Å². The Balaban J connectivity index is 0.000000181. The molecule has 26 heteroatoms. The molecule has 6 aromatic rings. The Kier molecular flexibility index (Phi) is 17.4. The maximum absolute atomic E-state index is 14.3. The molecule has 4 aromatic carbocycles. The van der Waals surface area contributed by atoms with Gasteiger partial charge in [0.05, 0.1) is 4.47 Å². The van der Waals surface area contributed by atoms with Crippen molar-refractivity contribution in [1.82, 2.24) is 24.5 Å². The predicted octanol–water partition coefficient (Wildman–Crippen LogP) is 8.09. The average molecular weight is 1180 g/mol. The number of carbonyl (C=O) groups excluding carboxylic acids is 3. The van der Waals surface area contributed by atoms with Crippen molar-refractivity contribution < 1.29 is 67.8 Å². The lowest BCUT2D eigenvalue weighted by Gasteiger charge is -2.42. The fourth-order valence-corrected chi connectivity index (χ4v) is 9.09. The summed E-state index contributed by atoms with van der Waals surface area (Å²) in [6, 6.07) is 20.0. The summed E-state index contributed by atoms with van der Waals surface area (Å²) in [5.41, 5.74) is 3.44. The van der Waals surface area contributed by atoms with E-state index in [9.17, 15) is 67.9 Å². The number of halogens is 11. The summed E-state index contributed by atoms with van der Waals surface area (Å²) in [5.74, 6) is -15.1. The number of nitrogens with one attached hydrogen (secondary N) is 1. The number of nitrogens with two attached hydrogens (primary N) is 1. The second-order valence-corrected chi connectivity index (χ2v) is 19.3. The van der Waals surface area contributed by atoms with E-state index in [0.717, 1.165) is 16.4 Å². The van der Waals surface area contributed by atoms with Gasteiger partial charge in [-0.1, -0.05) is 60.7 Å². The largest absolute Gasteiger partial charge is 0.482 e. The van der Waals surface area contributed by atoms with Crippen LogP contribution in [0.1, 0.15) is 79.3 Å². The molecule has 2 aromatic heterocycles. The van der Waals surface area contributed by atoms with Gasteiger partial charge in [0.2, 0.25) is 10.9 Å². The number of rotatable bonds is 10. The Morgan fingerprint density at radius 2 is 0.987 bits per heavy atom. The number of alkyl halides is 4. The maximum Gasteiger partial charge on any atom is 0.277 e. The van der Waals surface area contributed by atoms with Crippen molar-refractivity contribution in [3.63, 3.8) is 0 Å². The SMILES string of the molecule is NCc1c(F)cc(F)cc1F.O=C(NCc1c(F)cc(F)cc1F)c1cn2c(c(OCc3ccccc3)c1=O)C(=O)N1CCC(F)(F)CCN2C1.O=C1c2c(OCc3ccccc3)c(=O)c(Br)cn2N2CCC(F)(F)CCN1C2. The highest BCUT2D eigenvalue weighted by molar-refractivity contribution is 9.10. The van der Waals surface area contributed by atoms with Gasteiger partial charge in [0, 0.05) is 113 Å². The lowest BCUT2D eigenvalue weighted by atomic mass is 10.1. The monoisotopic (exact) mass is 1180 g/mol. The number of carbonyl (C=O) groups is 3. The Hall–Kier alpha value is -7.87. The first-order valence-electron chi connectivity index (χ1n) is 24.2. The molecule has 418 valence electrons. The fourth-order valence-electron chi connectivity index (χ4n) is 8.72. The lowest BCUT2D eigenvalue weighted by Crippen LogP contribution is -2.57. The van der Waals surface area contributed by atoms with Gasteiger partial charge in [-0.2, -0.15) is 0 Å². The normalized spacial score (nSPS) is 16.1. The van der Waals surface area contributed by atoms with Gasteiger partial charge >= 0.3 is 0 Å². The standard InChI is InChI=1S/C27H23F5N4O4.C19H18BrF2N3O3.C7H6F3N/c28-17-10-20(29)18(21(30)11-17)12-33-25(38)19-13-36-22(24(23(19)37)40-14-16-4-2-1-3-5-16)26(39)34-8-6-27(31,32)7-9-35(36)15-34;20-14-10-25-15(17(16(14)26)28-11-13-4-2-1-3-5-13)18(27)23-8-6-19(21,22)7-9-24(25)12-23;8-4-1-6(9)5(3-11)7(10)2-4/h1-5,10-11,13H,6-9,12,14-15H2,(H,33,38);1-5,10H,6-9,11-12H2;1-2H,3,11H2. The first-order valence-corrected chi connectivity index (χ1v) is 25.0. The van der Waals surface area contributed by atoms with E-state index < -0.39 is 118 Å². The van der Waals surface area contributed by atoms with Crippen LogP contribution in [0.15, 0.2) is 111 Å². The van der Waals surface area contributed by atoms with Crippen LogP contribution in [0.4, 0.5) is 43.9 Å². The van der Waals surface area contributed by atoms with Crippen LogP contribution in [-0.4, -0.2) is 88.2 Å². The first kappa shape index (κ1) is 57.3. The van der Waals surface area contributed by atoms with Gasteiger partial charge in [0.25, 0.3) is 29.6 Å². The molecule has 2 fully saturated rings. The number of benzene rings is 4. The maximum atomic E-state index is 14.3. The van der Waals surface area contributed by atoms with Crippen molar-refractivity contribution in [2.75, 3.05) is 49.5 Å². The van der Waals surface area contributed by atoms with Gasteiger partial charge < -0.3 is 30.3 Å². The minimum atomic E-state index is -3.04. The summed E-state index contributed by atoms with van der Waals surface area (Å²) in [6.07, 6.45) is 0.669. The topological polar surface area (TPSA) is 165 Å². The second kappa shape index (κ2) is 24.0. The van der Waals surface area contributed by atoms with E-state index in [1.54, 1.807) is 35.3 Å². The summed E-state index contributed by atoms with van der Waals surface area (Å²) in [5, 5.41) is 5.24. The Bertz CT molecular complexity index is 3350. The van der Waals surface area contributed by atoms with E-state index in [0.29, 0.717) is 29.8 Å². The molecule has 4 bridgehead atoms. The van der Waals surface area contributed by atoms with Crippen molar-refractivity contribution in [1.29, 1.82) is 0 Å². The highest BCUT2D eigenvalue weighted by Crippen LogP contribution is 2.33. The van der Waals surface area contributed by atoms with Crippen LogP contribution in [0, 0.1) is 34.9 Å². The molecule has 0 unspecified atom stereocenters. The van der Waals surface area contributed by atoms with E-state index in [4.69, 9.17) is 15.2 Å². The zero-order valence-electron chi connectivity index (χ0n) is 41.4. The number of aromatic nitrogens is 2. The Morgan fingerprint density at radius 1 is 0.582 bits per heavy atom. The second-order valence-electron chi connectivity index (χ2n) is 18.4. The Morgan fingerprint density at radius 3 is 1.43 bits per heavy atom. The molecule has 6 heterocycles. The molecule has 0 radical (unpaired) electrons. The van der Waals surface area contributed by atoms with Gasteiger partial charge in [-0.15, -0.1) is 0 Å². The molecule has 15 nitrogen and oxygen atoms in total. The van der Waals surface area contributed by atoms with Gasteiger partial charge in [0.1, 0.15) is 67.0 Å². The predicted molar refractivity (Wildman–Crippen MR) is 269 cm³/mol. The zero-order valence-corrected chi connectivity index (χ0v) is 43.0. The fraction of sp³-hybridized carbons (Fsp3) is 0.302. The van der Waals surface area contributed by atoms with Gasteiger partial charge in [-0.05, 0) is 27.1 Å². The van der Waals surface area contributed by atoms with E-state index in [1.165, 1.54) is 25.7 Å². The smallest absolute Gasteiger partial charge is 0.277 e. The molecule has 3 N–H and O–H groups in total. The molecule has 0 atom stereocenters. The third-order valence-electron chi connectivity index (χ3n) is 13.0. The summed E-state index contributed by atoms with van der Waals surface area (Å²) in [4.78, 5) is 68.2. The van der Waals surface area contributed by atoms with E-state index in [2.05, 4.69) is 21.2 Å². The van der Waals surface area contributed by atoms with Crippen molar-refractivity contribution in [3.8, 4) is 11.5 Å². The molecular weight excluding hydrogens is 1130 g/mol. The minimum absolute atomic E-state index is 0.0528. The van der Waals surface area contributed by atoms with Crippen LogP contribution in [-0.2, 0) is 26.3 Å². The van der Waals surface area contributed by atoms with Crippen LogP contribution >= 0.6 is 15.9 Å². The zero-order chi connectivity index (χ0) is 56.9. The van der Waals surface area contributed by atoms with Crippen LogP contribution in [0.5, 0.6) is 11.5 Å². The van der Waals surface area contributed by atoms with E-state index in [-0.39, 0.29) is 92.9 Å². The number of ether oxygens (including phenoxy) is 2. The summed E-state index contributed by atoms with van der Waals surface area (Å²) in [6.45, 7) is -1.40. The summed E-state index contributed by atoms with van der Waals surface area (Å²) < 4.78 is 150. The third-order valence-corrected chi connectivity index (χ3v) is 13.6. The van der Waals surface area contributed by atoms with Gasteiger partial charge in [-0.25, -0.2) is 43.9 Å². The van der Waals surface area contributed by atoms with Crippen LogP contribution in [0.25, 0.3) is 0 Å². The summed E-state index contributed by atoms with van der Waals surface area (Å²) in [7, 11) is 0. The molecule has 0 spiro atoms. The van der Waals surface area contributed by atoms with Gasteiger partial charge in [0.15, 0.2) is 22.9 Å². The van der Waals surface area contributed by atoms with Crippen molar-refractivity contribution in [2.24, 2.45) is 5.73 Å². The molecule has 4 aliphatic heterocycles. The first-order chi connectivity index (χ1) is 37.5. The molecule has 3 amide bonds. The average Bonchev–Trinajstić information content (AvgIpc) is 3.40.